The molecule has 1 aromatic carbocycles. The Morgan fingerprint density at radius 3 is 3.10 bits per heavy atom. The summed E-state index contributed by atoms with van der Waals surface area (Å²) in [5.74, 6) is 0.455. The Morgan fingerprint density at radius 1 is 1.29 bits per heavy atom. The molecule has 0 amide bonds. The van der Waals surface area contributed by atoms with Crippen LogP contribution in [-0.2, 0) is 10.6 Å². The van der Waals surface area contributed by atoms with E-state index < -0.39 is 0 Å². The Morgan fingerprint density at radius 2 is 2.19 bits per heavy atom. The number of aromatic nitrogens is 1. The molecule has 1 aliphatic heterocycles. The first kappa shape index (κ1) is 13.4. The Kier molecular flexibility index (Phi) is 3.48. The molecule has 0 radical (unpaired) electrons. The highest BCUT2D eigenvalue weighted by molar-refractivity contribution is 6.17. The molecule has 4 rings (SSSR count). The maximum atomic E-state index is 6.04. The van der Waals surface area contributed by atoms with Crippen LogP contribution in [0.5, 0.6) is 0 Å². The second kappa shape index (κ2) is 5.47. The zero-order chi connectivity index (χ0) is 14.2. The van der Waals surface area contributed by atoms with E-state index in [0.29, 0.717) is 18.0 Å². The normalized spacial score (nSPS) is 25.3. The van der Waals surface area contributed by atoms with Gasteiger partial charge in [0, 0.05) is 17.6 Å². The van der Waals surface area contributed by atoms with Crippen LogP contribution in [0.15, 0.2) is 30.3 Å². The maximum absolute atomic E-state index is 6.04. The van der Waals surface area contributed by atoms with Gasteiger partial charge in [-0.3, -0.25) is 4.98 Å². The van der Waals surface area contributed by atoms with Crippen molar-refractivity contribution in [3.63, 3.8) is 0 Å². The number of halogens is 1. The lowest BCUT2D eigenvalue weighted by Crippen LogP contribution is -2.48. The monoisotopic (exact) mass is 302 g/mol. The first-order valence-corrected chi connectivity index (χ1v) is 8.23. The summed E-state index contributed by atoms with van der Waals surface area (Å²) in [6.45, 7) is 1.77. The topological polar surface area (TPSA) is 25.4 Å². The first-order valence-electron chi connectivity index (χ1n) is 7.69. The Hall–Kier alpha value is -1.32. The molecule has 4 heteroatoms. The van der Waals surface area contributed by atoms with E-state index in [0.717, 1.165) is 24.4 Å². The minimum Gasteiger partial charge on any atom is -0.374 e. The van der Waals surface area contributed by atoms with Gasteiger partial charge in [-0.1, -0.05) is 18.2 Å². The number of pyridine rings is 1. The van der Waals surface area contributed by atoms with E-state index >= 15 is 0 Å². The van der Waals surface area contributed by atoms with Crippen LogP contribution in [0.3, 0.4) is 0 Å². The van der Waals surface area contributed by atoms with Gasteiger partial charge in [0.25, 0.3) is 0 Å². The number of alkyl halides is 1. The standard InChI is InChI=1S/C17H19ClN2O/c18-11-12-10-16(13-4-1-2-5-14(13)19-12)20-8-9-21-17-7-3-6-15(17)20/h1-2,4-5,10,15,17H,3,6-9,11H2. The Balaban J connectivity index is 1.84. The molecule has 2 heterocycles. The van der Waals surface area contributed by atoms with Crippen LogP contribution in [-0.4, -0.2) is 30.3 Å². The van der Waals surface area contributed by atoms with Gasteiger partial charge in [-0.15, -0.1) is 11.6 Å². The smallest absolute Gasteiger partial charge is 0.0779 e. The number of para-hydroxylation sites is 1. The Labute approximate surface area is 129 Å². The number of morpholine rings is 1. The Bertz CT molecular complexity index is 660. The van der Waals surface area contributed by atoms with Crippen molar-refractivity contribution < 1.29 is 4.74 Å². The van der Waals surface area contributed by atoms with Crippen LogP contribution in [0.1, 0.15) is 25.0 Å². The summed E-state index contributed by atoms with van der Waals surface area (Å²) in [5, 5.41) is 1.22. The molecule has 0 N–H and O–H groups in total. The van der Waals surface area contributed by atoms with Crippen LogP contribution in [0.4, 0.5) is 5.69 Å². The molecule has 1 saturated heterocycles. The highest BCUT2D eigenvalue weighted by atomic mass is 35.5. The van der Waals surface area contributed by atoms with E-state index in [1.54, 1.807) is 0 Å². The summed E-state index contributed by atoms with van der Waals surface area (Å²) < 4.78 is 5.94. The average Bonchev–Trinajstić information content (AvgIpc) is 3.02. The summed E-state index contributed by atoms with van der Waals surface area (Å²) in [6.07, 6.45) is 4.06. The van der Waals surface area contributed by atoms with Crippen LogP contribution < -0.4 is 4.90 Å². The van der Waals surface area contributed by atoms with E-state index in [2.05, 4.69) is 34.1 Å². The predicted octanol–water partition coefficient (Wildman–Crippen LogP) is 3.73. The molecule has 2 atom stereocenters. The SMILES string of the molecule is ClCc1cc(N2CCOC3CCCC32)c2ccccc2n1. The number of hydrogen-bond donors (Lipinski definition) is 0. The number of anilines is 1. The molecule has 2 aliphatic rings. The second-order valence-corrected chi connectivity index (χ2v) is 6.15. The fraction of sp³-hybridized carbons (Fsp3) is 0.471. The minimum absolute atomic E-state index is 0.394. The van der Waals surface area contributed by atoms with Gasteiger partial charge in [-0.05, 0) is 31.4 Å². The van der Waals surface area contributed by atoms with Crippen LogP contribution in [0.2, 0.25) is 0 Å². The molecule has 3 nitrogen and oxygen atoms in total. The van der Waals surface area contributed by atoms with Gasteiger partial charge in [-0.2, -0.15) is 0 Å². The van der Waals surface area contributed by atoms with Crippen LogP contribution in [0, 0.1) is 0 Å². The largest absolute Gasteiger partial charge is 0.374 e. The molecule has 21 heavy (non-hydrogen) atoms. The number of benzene rings is 1. The number of hydrogen-bond acceptors (Lipinski definition) is 3. The van der Waals surface area contributed by atoms with Crippen molar-refractivity contribution in [3.05, 3.63) is 36.0 Å². The van der Waals surface area contributed by atoms with Gasteiger partial charge in [0.15, 0.2) is 0 Å². The molecule has 1 aliphatic carbocycles. The third-order valence-corrected chi connectivity index (χ3v) is 4.95. The summed E-state index contributed by atoms with van der Waals surface area (Å²) in [7, 11) is 0. The molecular weight excluding hydrogens is 284 g/mol. The van der Waals surface area contributed by atoms with Crippen molar-refractivity contribution in [2.24, 2.45) is 0 Å². The molecule has 110 valence electrons. The quantitative estimate of drug-likeness (QED) is 0.790. The van der Waals surface area contributed by atoms with E-state index in [1.807, 2.05) is 6.07 Å². The third kappa shape index (κ3) is 2.29. The van der Waals surface area contributed by atoms with Gasteiger partial charge in [0.05, 0.1) is 35.8 Å². The number of rotatable bonds is 2. The van der Waals surface area contributed by atoms with E-state index in [-0.39, 0.29) is 0 Å². The van der Waals surface area contributed by atoms with Crippen LogP contribution in [0.25, 0.3) is 10.9 Å². The molecule has 2 aromatic rings. The number of nitrogens with zero attached hydrogens (tertiary/aromatic N) is 2. The van der Waals surface area contributed by atoms with Crippen molar-refractivity contribution in [1.82, 2.24) is 4.98 Å². The first-order chi connectivity index (χ1) is 10.4. The maximum Gasteiger partial charge on any atom is 0.0779 e. The summed E-state index contributed by atoms with van der Waals surface area (Å²) in [6, 6.07) is 11.0. The number of fused-ring (bicyclic) bond motifs is 2. The van der Waals surface area contributed by atoms with Crippen LogP contribution >= 0.6 is 11.6 Å². The lowest BCUT2D eigenvalue weighted by Gasteiger charge is -2.40. The minimum atomic E-state index is 0.394. The molecule has 1 saturated carbocycles. The van der Waals surface area contributed by atoms with E-state index in [1.165, 1.54) is 30.3 Å². The van der Waals surface area contributed by atoms with Gasteiger partial charge in [0.2, 0.25) is 0 Å². The highest BCUT2D eigenvalue weighted by Gasteiger charge is 2.36. The summed E-state index contributed by atoms with van der Waals surface area (Å²) in [4.78, 5) is 7.17. The predicted molar refractivity (Wildman–Crippen MR) is 86.0 cm³/mol. The molecule has 0 spiro atoms. The fourth-order valence-corrected chi connectivity index (χ4v) is 3.88. The fourth-order valence-electron chi connectivity index (χ4n) is 3.74. The van der Waals surface area contributed by atoms with E-state index in [4.69, 9.17) is 16.3 Å². The summed E-state index contributed by atoms with van der Waals surface area (Å²) >= 11 is 6.04. The summed E-state index contributed by atoms with van der Waals surface area (Å²) in [5.41, 5.74) is 3.26. The van der Waals surface area contributed by atoms with Crippen molar-refractivity contribution in [3.8, 4) is 0 Å². The van der Waals surface area contributed by atoms with Crippen molar-refractivity contribution in [2.45, 2.75) is 37.3 Å². The van der Waals surface area contributed by atoms with Gasteiger partial charge in [-0.25, -0.2) is 0 Å². The van der Waals surface area contributed by atoms with Crippen molar-refractivity contribution in [2.75, 3.05) is 18.1 Å². The second-order valence-electron chi connectivity index (χ2n) is 5.88. The molecule has 2 fully saturated rings. The van der Waals surface area contributed by atoms with Gasteiger partial charge in [0.1, 0.15) is 0 Å². The average molecular weight is 303 g/mol. The zero-order valence-electron chi connectivity index (χ0n) is 12.0. The number of ether oxygens (including phenoxy) is 1. The van der Waals surface area contributed by atoms with E-state index in [9.17, 15) is 0 Å². The lowest BCUT2D eigenvalue weighted by atomic mass is 10.1. The lowest BCUT2D eigenvalue weighted by molar-refractivity contribution is 0.0257. The van der Waals surface area contributed by atoms with Gasteiger partial charge >= 0.3 is 0 Å². The van der Waals surface area contributed by atoms with Gasteiger partial charge < -0.3 is 9.64 Å². The molecule has 2 unspecified atom stereocenters. The highest BCUT2D eigenvalue weighted by Crippen LogP contribution is 2.36. The third-order valence-electron chi connectivity index (χ3n) is 4.68. The van der Waals surface area contributed by atoms with Crippen molar-refractivity contribution in [1.29, 1.82) is 0 Å². The molecule has 1 aromatic heterocycles. The van der Waals surface area contributed by atoms with Crippen molar-refractivity contribution >= 4 is 28.2 Å². The molecule has 0 bridgehead atoms. The zero-order valence-corrected chi connectivity index (χ0v) is 12.7. The molecular formula is C17H19ClN2O.